The number of rotatable bonds is 11. The molecule has 0 amide bonds. The largest absolute Gasteiger partial charge is 0.302 e. The van der Waals surface area contributed by atoms with Crippen LogP contribution in [-0.2, 0) is 6.54 Å². The van der Waals surface area contributed by atoms with E-state index in [9.17, 15) is 0 Å². The number of benzene rings is 1. The monoisotopic (exact) mass is 276 g/mol. The minimum atomic E-state index is 1.05. The molecule has 0 bridgehead atoms. The van der Waals surface area contributed by atoms with E-state index in [0.29, 0.717) is 0 Å². The average Bonchev–Trinajstić information content (AvgIpc) is 2.47. The van der Waals surface area contributed by atoms with Crippen LogP contribution < -0.4 is 0 Å². The lowest BCUT2D eigenvalue weighted by atomic mass is 10.2. The van der Waals surface area contributed by atoms with Gasteiger partial charge in [-0.3, -0.25) is 0 Å². The molecule has 0 aliphatic rings. The van der Waals surface area contributed by atoms with Crippen molar-refractivity contribution in [2.45, 2.75) is 46.1 Å². The first-order chi connectivity index (χ1) is 9.76. The summed E-state index contributed by atoms with van der Waals surface area (Å²) >= 11 is 0. The van der Waals surface area contributed by atoms with Gasteiger partial charge < -0.3 is 9.80 Å². The Labute approximate surface area is 125 Å². The summed E-state index contributed by atoms with van der Waals surface area (Å²) in [6.45, 7) is 10.5. The number of nitrogens with zero attached hydrogens (tertiary/aromatic N) is 2. The molecule has 0 saturated carbocycles. The highest BCUT2D eigenvalue weighted by atomic mass is 15.2. The van der Waals surface area contributed by atoms with Crippen molar-refractivity contribution in [3.05, 3.63) is 35.9 Å². The summed E-state index contributed by atoms with van der Waals surface area (Å²) in [6, 6.07) is 10.8. The van der Waals surface area contributed by atoms with Crippen LogP contribution in [0.5, 0.6) is 0 Å². The van der Waals surface area contributed by atoms with Crippen LogP contribution in [0.25, 0.3) is 0 Å². The SMILES string of the molecule is CCCCN(CCCC)CCN(C)Cc1ccccc1. The highest BCUT2D eigenvalue weighted by Gasteiger charge is 2.06. The van der Waals surface area contributed by atoms with Crippen molar-refractivity contribution >= 4 is 0 Å². The summed E-state index contributed by atoms with van der Waals surface area (Å²) in [5.41, 5.74) is 1.41. The first kappa shape index (κ1) is 17.2. The van der Waals surface area contributed by atoms with E-state index in [1.54, 1.807) is 0 Å². The van der Waals surface area contributed by atoms with Crippen molar-refractivity contribution < 1.29 is 0 Å². The smallest absolute Gasteiger partial charge is 0.0231 e. The Morgan fingerprint density at radius 2 is 1.40 bits per heavy atom. The van der Waals surface area contributed by atoms with Gasteiger partial charge in [-0.05, 0) is 38.5 Å². The topological polar surface area (TPSA) is 6.48 Å². The van der Waals surface area contributed by atoms with Gasteiger partial charge in [-0.2, -0.15) is 0 Å². The number of hydrogen-bond donors (Lipinski definition) is 0. The molecule has 1 aromatic rings. The van der Waals surface area contributed by atoms with Gasteiger partial charge in [0.25, 0.3) is 0 Å². The van der Waals surface area contributed by atoms with Gasteiger partial charge in [-0.15, -0.1) is 0 Å². The maximum atomic E-state index is 2.63. The third-order valence-electron chi connectivity index (χ3n) is 3.75. The second-order valence-electron chi connectivity index (χ2n) is 5.77. The Kier molecular flexibility index (Phi) is 9.35. The molecule has 2 heteroatoms. The Bertz CT molecular complexity index is 315. The van der Waals surface area contributed by atoms with E-state index < -0.39 is 0 Å². The standard InChI is InChI=1S/C18H32N2/c1-4-6-13-20(14-7-5-2)16-15-19(3)17-18-11-9-8-10-12-18/h8-12H,4-7,13-17H2,1-3H3. The molecule has 0 saturated heterocycles. The Balaban J connectivity index is 2.29. The van der Waals surface area contributed by atoms with Crippen molar-refractivity contribution in [3.63, 3.8) is 0 Å². The maximum absolute atomic E-state index is 2.63. The first-order valence-corrected chi connectivity index (χ1v) is 8.21. The van der Waals surface area contributed by atoms with Crippen LogP contribution in [0.4, 0.5) is 0 Å². The Morgan fingerprint density at radius 1 is 0.800 bits per heavy atom. The number of hydrogen-bond acceptors (Lipinski definition) is 2. The molecule has 1 aromatic carbocycles. The summed E-state index contributed by atoms with van der Waals surface area (Å²) in [4.78, 5) is 5.06. The molecule has 0 N–H and O–H groups in total. The highest BCUT2D eigenvalue weighted by Crippen LogP contribution is 2.04. The van der Waals surface area contributed by atoms with Gasteiger partial charge in [0.2, 0.25) is 0 Å². The molecule has 20 heavy (non-hydrogen) atoms. The van der Waals surface area contributed by atoms with Crippen LogP contribution in [0.15, 0.2) is 30.3 Å². The van der Waals surface area contributed by atoms with Gasteiger partial charge in [-0.1, -0.05) is 57.0 Å². The maximum Gasteiger partial charge on any atom is 0.0231 e. The van der Waals surface area contributed by atoms with Gasteiger partial charge in [0, 0.05) is 19.6 Å². The Morgan fingerprint density at radius 3 is 1.95 bits per heavy atom. The molecule has 1 rings (SSSR count). The number of unbranched alkanes of at least 4 members (excludes halogenated alkanes) is 2. The molecule has 2 nitrogen and oxygen atoms in total. The molecule has 0 atom stereocenters. The summed E-state index contributed by atoms with van der Waals surface area (Å²) in [7, 11) is 2.23. The summed E-state index contributed by atoms with van der Waals surface area (Å²) in [6.07, 6.45) is 5.24. The zero-order valence-corrected chi connectivity index (χ0v) is 13.6. The van der Waals surface area contributed by atoms with E-state index in [2.05, 4.69) is 61.0 Å². The molecule has 0 aliphatic heterocycles. The fourth-order valence-electron chi connectivity index (χ4n) is 2.39. The fourth-order valence-corrected chi connectivity index (χ4v) is 2.39. The lowest BCUT2D eigenvalue weighted by Gasteiger charge is -2.25. The van der Waals surface area contributed by atoms with Crippen LogP contribution in [-0.4, -0.2) is 43.0 Å². The quantitative estimate of drug-likeness (QED) is 0.602. The third kappa shape index (κ3) is 7.66. The van der Waals surface area contributed by atoms with Crippen molar-refractivity contribution in [1.29, 1.82) is 0 Å². The van der Waals surface area contributed by atoms with E-state index in [1.807, 2.05) is 0 Å². The normalized spacial score (nSPS) is 11.4. The van der Waals surface area contributed by atoms with Crippen LogP contribution in [0.3, 0.4) is 0 Å². The predicted molar refractivity (Wildman–Crippen MR) is 89.0 cm³/mol. The minimum Gasteiger partial charge on any atom is -0.302 e. The number of likely N-dealkylation sites (N-methyl/N-ethyl adjacent to an activating group) is 1. The van der Waals surface area contributed by atoms with Crippen LogP contribution in [0.1, 0.15) is 45.1 Å². The van der Waals surface area contributed by atoms with Gasteiger partial charge in [-0.25, -0.2) is 0 Å². The van der Waals surface area contributed by atoms with E-state index in [-0.39, 0.29) is 0 Å². The Hall–Kier alpha value is -0.860. The van der Waals surface area contributed by atoms with E-state index >= 15 is 0 Å². The summed E-state index contributed by atoms with van der Waals surface area (Å²) in [5, 5.41) is 0. The molecule has 0 fully saturated rings. The van der Waals surface area contributed by atoms with E-state index in [4.69, 9.17) is 0 Å². The van der Waals surface area contributed by atoms with Crippen molar-refractivity contribution in [3.8, 4) is 0 Å². The van der Waals surface area contributed by atoms with Crippen molar-refractivity contribution in [1.82, 2.24) is 9.80 Å². The van der Waals surface area contributed by atoms with Gasteiger partial charge in [0.1, 0.15) is 0 Å². The zero-order chi connectivity index (χ0) is 14.6. The molecule has 0 spiro atoms. The van der Waals surface area contributed by atoms with Gasteiger partial charge in [0.15, 0.2) is 0 Å². The van der Waals surface area contributed by atoms with Crippen molar-refractivity contribution in [2.75, 3.05) is 33.2 Å². The lowest BCUT2D eigenvalue weighted by molar-refractivity contribution is 0.216. The molecular formula is C18H32N2. The third-order valence-corrected chi connectivity index (χ3v) is 3.75. The van der Waals surface area contributed by atoms with Crippen molar-refractivity contribution in [2.24, 2.45) is 0 Å². The molecule has 114 valence electrons. The second-order valence-corrected chi connectivity index (χ2v) is 5.77. The van der Waals surface area contributed by atoms with Crippen LogP contribution in [0, 0.1) is 0 Å². The molecule has 0 aromatic heterocycles. The average molecular weight is 276 g/mol. The zero-order valence-electron chi connectivity index (χ0n) is 13.6. The van der Waals surface area contributed by atoms with Crippen LogP contribution >= 0.6 is 0 Å². The van der Waals surface area contributed by atoms with E-state index in [1.165, 1.54) is 50.9 Å². The van der Waals surface area contributed by atoms with Crippen LogP contribution in [0.2, 0.25) is 0 Å². The second kappa shape index (κ2) is 10.9. The van der Waals surface area contributed by atoms with Gasteiger partial charge in [0.05, 0.1) is 0 Å². The van der Waals surface area contributed by atoms with Gasteiger partial charge >= 0.3 is 0 Å². The summed E-state index contributed by atoms with van der Waals surface area (Å²) < 4.78 is 0. The van der Waals surface area contributed by atoms with E-state index in [0.717, 1.165) is 13.1 Å². The first-order valence-electron chi connectivity index (χ1n) is 8.21. The molecule has 0 radical (unpaired) electrons. The fraction of sp³-hybridized carbons (Fsp3) is 0.667. The lowest BCUT2D eigenvalue weighted by Crippen LogP contribution is -2.34. The molecule has 0 heterocycles. The molecule has 0 aliphatic carbocycles. The molecular weight excluding hydrogens is 244 g/mol. The highest BCUT2D eigenvalue weighted by molar-refractivity contribution is 5.14. The summed E-state index contributed by atoms with van der Waals surface area (Å²) in [5.74, 6) is 0. The predicted octanol–water partition coefficient (Wildman–Crippen LogP) is 4.02. The minimum absolute atomic E-state index is 1.05. The molecule has 0 unspecified atom stereocenters.